The zero-order chi connectivity index (χ0) is 12.8. The van der Waals surface area contributed by atoms with Crippen molar-refractivity contribution in [3.63, 3.8) is 0 Å². The zero-order valence-electron chi connectivity index (χ0n) is 8.86. The van der Waals surface area contributed by atoms with Gasteiger partial charge in [0, 0.05) is 16.3 Å². The second-order valence-corrected chi connectivity index (χ2v) is 4.54. The molecule has 0 aliphatic heterocycles. The highest BCUT2D eigenvalue weighted by atomic mass is 32.1. The van der Waals surface area contributed by atoms with Crippen molar-refractivity contribution in [1.82, 2.24) is 4.98 Å². The van der Waals surface area contributed by atoms with Crippen LogP contribution in [0, 0.1) is 0 Å². The van der Waals surface area contributed by atoms with Crippen molar-refractivity contribution in [3.8, 4) is 11.3 Å². The molecule has 3 aromatic rings. The molecule has 0 fully saturated rings. The third kappa shape index (κ3) is 1.78. The van der Waals surface area contributed by atoms with Gasteiger partial charge in [-0.1, -0.05) is 18.2 Å². The summed E-state index contributed by atoms with van der Waals surface area (Å²) in [4.78, 5) is 3.61. The first-order valence-corrected chi connectivity index (χ1v) is 5.93. The Morgan fingerprint density at radius 2 is 1.94 bits per heavy atom. The lowest BCUT2D eigenvalue weighted by molar-refractivity contribution is -0.137. The second-order valence-electron chi connectivity index (χ2n) is 3.68. The Labute approximate surface area is 104 Å². The molecule has 0 saturated heterocycles. The van der Waals surface area contributed by atoms with Crippen LogP contribution in [0.5, 0.6) is 0 Å². The molecule has 0 spiro atoms. The van der Waals surface area contributed by atoms with E-state index in [0.29, 0.717) is 22.5 Å². The van der Waals surface area contributed by atoms with Crippen LogP contribution in [-0.2, 0) is 6.18 Å². The fraction of sp³-hybridized carbons (Fsp3) is 0.0833. The summed E-state index contributed by atoms with van der Waals surface area (Å²) < 4.78 is 42.7. The van der Waals surface area contributed by atoms with Gasteiger partial charge in [-0.05, 0) is 6.07 Å². The molecule has 0 bridgehead atoms. The lowest BCUT2D eigenvalue weighted by Crippen LogP contribution is -2.03. The van der Waals surface area contributed by atoms with Crippen molar-refractivity contribution in [3.05, 3.63) is 40.9 Å². The molecule has 3 rings (SSSR count). The van der Waals surface area contributed by atoms with Crippen LogP contribution < -0.4 is 0 Å². The van der Waals surface area contributed by atoms with Gasteiger partial charge in [-0.3, -0.25) is 0 Å². The van der Waals surface area contributed by atoms with Gasteiger partial charge in [-0.15, -0.1) is 11.3 Å². The third-order valence-corrected chi connectivity index (χ3v) is 3.39. The van der Waals surface area contributed by atoms with Crippen molar-refractivity contribution in [2.75, 3.05) is 0 Å². The van der Waals surface area contributed by atoms with Crippen LogP contribution in [-0.4, -0.2) is 4.98 Å². The molecule has 0 aliphatic rings. The van der Waals surface area contributed by atoms with E-state index < -0.39 is 11.2 Å². The smallest absolute Gasteiger partial charge is 0.443 e. The molecule has 6 heteroatoms. The van der Waals surface area contributed by atoms with E-state index >= 15 is 0 Å². The number of rotatable bonds is 1. The van der Waals surface area contributed by atoms with E-state index in [-0.39, 0.29) is 5.69 Å². The first-order valence-electron chi connectivity index (χ1n) is 5.05. The van der Waals surface area contributed by atoms with Gasteiger partial charge in [0.2, 0.25) is 0 Å². The lowest BCUT2D eigenvalue weighted by Gasteiger charge is -1.99. The third-order valence-electron chi connectivity index (χ3n) is 2.50. The van der Waals surface area contributed by atoms with Gasteiger partial charge in [-0.2, -0.15) is 13.2 Å². The molecule has 0 amide bonds. The van der Waals surface area contributed by atoms with Crippen LogP contribution in [0.25, 0.3) is 22.2 Å². The first-order chi connectivity index (χ1) is 8.55. The van der Waals surface area contributed by atoms with E-state index in [4.69, 9.17) is 4.42 Å². The largest absolute Gasteiger partial charge is 0.464 e. The highest BCUT2D eigenvalue weighted by Crippen LogP contribution is 2.36. The number of nitrogens with zero attached hydrogens (tertiary/aromatic N) is 1. The molecule has 2 nitrogen and oxygen atoms in total. The van der Waals surface area contributed by atoms with E-state index in [1.807, 2.05) is 0 Å². The number of fused-ring (bicyclic) bond motifs is 1. The van der Waals surface area contributed by atoms with Crippen LogP contribution in [0.2, 0.25) is 0 Å². The Morgan fingerprint density at radius 1 is 1.17 bits per heavy atom. The number of benzene rings is 1. The van der Waals surface area contributed by atoms with E-state index in [2.05, 4.69) is 4.98 Å². The van der Waals surface area contributed by atoms with Crippen molar-refractivity contribution >= 4 is 22.3 Å². The topological polar surface area (TPSA) is 26.0 Å². The van der Waals surface area contributed by atoms with Crippen LogP contribution in [0.15, 0.2) is 40.3 Å². The summed E-state index contributed by atoms with van der Waals surface area (Å²) in [6, 6.07) is 7.16. The molecule has 0 N–H and O–H groups in total. The maximum Gasteiger partial charge on any atom is 0.443 e. The fourth-order valence-corrected chi connectivity index (χ4v) is 2.39. The molecule has 0 atom stereocenters. The van der Waals surface area contributed by atoms with Gasteiger partial charge in [0.15, 0.2) is 5.01 Å². The van der Waals surface area contributed by atoms with Crippen LogP contribution in [0.4, 0.5) is 13.2 Å². The molecule has 0 saturated carbocycles. The number of aromatic nitrogens is 1. The number of thiazole rings is 1. The highest BCUT2D eigenvalue weighted by Gasteiger charge is 2.34. The maximum atomic E-state index is 12.5. The average molecular weight is 269 g/mol. The minimum Gasteiger partial charge on any atom is -0.464 e. The fourth-order valence-electron chi connectivity index (χ4n) is 1.70. The number of hydrogen-bond donors (Lipinski definition) is 0. The quantitative estimate of drug-likeness (QED) is 0.646. The summed E-state index contributed by atoms with van der Waals surface area (Å²) in [5.41, 5.74) is 1.50. The maximum absolute atomic E-state index is 12.5. The minimum atomic E-state index is -4.40. The SMILES string of the molecule is FC(F)(F)c1nc(-c2coc3ccccc23)cs1. The molecule has 92 valence electrons. The van der Waals surface area contributed by atoms with Crippen molar-refractivity contribution in [2.24, 2.45) is 0 Å². The van der Waals surface area contributed by atoms with Crippen molar-refractivity contribution < 1.29 is 17.6 Å². The first kappa shape index (κ1) is 11.3. The monoisotopic (exact) mass is 269 g/mol. The van der Waals surface area contributed by atoms with Crippen molar-refractivity contribution in [2.45, 2.75) is 6.18 Å². The Balaban J connectivity index is 2.13. The molecule has 1 aromatic carbocycles. The predicted octanol–water partition coefficient (Wildman–Crippen LogP) is 4.58. The van der Waals surface area contributed by atoms with Crippen LogP contribution >= 0.6 is 11.3 Å². The minimum absolute atomic E-state index is 0.289. The Bertz CT molecular complexity index is 698. The molecular formula is C12H6F3NOS. The normalized spacial score (nSPS) is 12.2. The Morgan fingerprint density at radius 3 is 2.67 bits per heavy atom. The van der Waals surface area contributed by atoms with Gasteiger partial charge in [0.05, 0.1) is 5.69 Å². The number of furan rings is 1. The van der Waals surface area contributed by atoms with E-state index in [0.717, 1.165) is 5.39 Å². The lowest BCUT2D eigenvalue weighted by atomic mass is 10.1. The van der Waals surface area contributed by atoms with E-state index in [1.54, 1.807) is 24.3 Å². The van der Waals surface area contributed by atoms with Crippen LogP contribution in [0.3, 0.4) is 0 Å². The second kappa shape index (κ2) is 3.84. The summed E-state index contributed by atoms with van der Waals surface area (Å²) in [5.74, 6) is 0. The summed E-state index contributed by atoms with van der Waals surface area (Å²) in [6.45, 7) is 0. The Kier molecular flexibility index (Phi) is 2.41. The molecular weight excluding hydrogens is 263 g/mol. The number of halogens is 3. The average Bonchev–Trinajstić information content (AvgIpc) is 2.94. The molecule has 2 aromatic heterocycles. The summed E-state index contributed by atoms with van der Waals surface area (Å²) in [6.07, 6.45) is -2.97. The van der Waals surface area contributed by atoms with Gasteiger partial charge in [0.1, 0.15) is 11.8 Å². The summed E-state index contributed by atoms with van der Waals surface area (Å²) in [7, 11) is 0. The van der Waals surface area contributed by atoms with E-state index in [1.165, 1.54) is 11.6 Å². The van der Waals surface area contributed by atoms with Gasteiger partial charge in [-0.25, -0.2) is 4.98 Å². The Hall–Kier alpha value is -1.82. The molecule has 0 unspecified atom stereocenters. The van der Waals surface area contributed by atoms with Gasteiger partial charge >= 0.3 is 6.18 Å². The number of hydrogen-bond acceptors (Lipinski definition) is 3. The van der Waals surface area contributed by atoms with Gasteiger partial charge < -0.3 is 4.42 Å². The van der Waals surface area contributed by atoms with Crippen molar-refractivity contribution in [1.29, 1.82) is 0 Å². The molecule has 0 radical (unpaired) electrons. The summed E-state index contributed by atoms with van der Waals surface area (Å²) in [5, 5.41) is 1.31. The predicted molar refractivity (Wildman–Crippen MR) is 62.3 cm³/mol. The molecule has 0 aliphatic carbocycles. The highest BCUT2D eigenvalue weighted by molar-refractivity contribution is 7.10. The zero-order valence-corrected chi connectivity index (χ0v) is 9.68. The van der Waals surface area contributed by atoms with E-state index in [9.17, 15) is 13.2 Å². The molecule has 18 heavy (non-hydrogen) atoms. The van der Waals surface area contributed by atoms with Gasteiger partial charge in [0.25, 0.3) is 0 Å². The summed E-state index contributed by atoms with van der Waals surface area (Å²) >= 11 is 0.586. The standard InChI is InChI=1S/C12H6F3NOS/c13-12(14,15)11-16-9(6-18-11)8-5-17-10-4-2-1-3-7(8)10/h1-6H. The number of alkyl halides is 3. The molecule has 2 heterocycles. The number of para-hydroxylation sites is 1. The van der Waals surface area contributed by atoms with Crippen LogP contribution in [0.1, 0.15) is 5.01 Å².